The maximum atomic E-state index is 8.94. The van der Waals surface area contributed by atoms with E-state index in [2.05, 4.69) is 42.5 Å². The Morgan fingerprint density at radius 1 is 0.769 bits per heavy atom. The van der Waals surface area contributed by atoms with E-state index in [1.807, 2.05) is 6.08 Å². The van der Waals surface area contributed by atoms with Gasteiger partial charge in [0.25, 0.3) is 0 Å². The van der Waals surface area contributed by atoms with Crippen molar-refractivity contribution in [3.8, 4) is 0 Å². The summed E-state index contributed by atoms with van der Waals surface area (Å²) in [6, 6.07) is 0. The molecule has 0 atom stereocenters. The second-order valence-corrected chi connectivity index (χ2v) is 5.98. The molecule has 3 nitrogen and oxygen atoms in total. The maximum absolute atomic E-state index is 8.94. The lowest BCUT2D eigenvalue weighted by Crippen LogP contribution is -2.22. The zero-order valence-corrected chi connectivity index (χ0v) is 16.0. The molecule has 26 heavy (non-hydrogen) atoms. The molecule has 0 spiro atoms. The lowest BCUT2D eigenvalue weighted by Gasteiger charge is -2.11. The molecule has 0 bridgehead atoms. The Bertz CT molecular complexity index is 536. The number of ether oxygens (including phenoxy) is 1. The van der Waals surface area contributed by atoms with Crippen molar-refractivity contribution >= 4 is 0 Å². The summed E-state index contributed by atoms with van der Waals surface area (Å²) in [5, 5.41) is 17.9. The highest BCUT2D eigenvalue weighted by Crippen LogP contribution is 2.02. The van der Waals surface area contributed by atoms with Crippen LogP contribution >= 0.6 is 0 Å². The van der Waals surface area contributed by atoms with Gasteiger partial charge in [-0.3, -0.25) is 0 Å². The molecule has 0 aliphatic carbocycles. The Kier molecular flexibility index (Phi) is 14.3. The lowest BCUT2D eigenvalue weighted by atomic mass is 10.2. The normalized spacial score (nSPS) is 16.7. The van der Waals surface area contributed by atoms with Crippen LogP contribution in [-0.2, 0) is 4.74 Å². The fourth-order valence-electron chi connectivity index (χ4n) is 2.04. The van der Waals surface area contributed by atoms with Gasteiger partial charge in [-0.05, 0) is 51.4 Å². The topological polar surface area (TPSA) is 49.7 Å². The van der Waals surface area contributed by atoms with Crippen molar-refractivity contribution in [2.24, 2.45) is 0 Å². The van der Waals surface area contributed by atoms with Crippen molar-refractivity contribution in [3.05, 3.63) is 48.6 Å². The minimum atomic E-state index is -1.84. The SMILES string of the molecule is [2H]C([2H])([2H])CCCC/C=C\C/C=C\C/C=C\C/C=C\CCCC([2H])([2H])OC(CO)CO. The van der Waals surface area contributed by atoms with Crippen molar-refractivity contribution < 1.29 is 21.8 Å². The van der Waals surface area contributed by atoms with Crippen LogP contribution in [0.4, 0.5) is 0 Å². The largest absolute Gasteiger partial charge is 0.394 e. The van der Waals surface area contributed by atoms with Gasteiger partial charge < -0.3 is 14.9 Å². The number of unbranched alkanes of at least 4 members (excludes halogenated alkanes) is 3. The molecule has 0 radical (unpaired) electrons. The zero-order chi connectivity index (χ0) is 23.4. The molecular formula is C23H40O3. The minimum absolute atomic E-state index is 0.213. The van der Waals surface area contributed by atoms with Gasteiger partial charge in [0.2, 0.25) is 0 Å². The van der Waals surface area contributed by atoms with Gasteiger partial charge in [-0.25, -0.2) is 0 Å². The number of hydrogen-bond donors (Lipinski definition) is 2. The third-order valence-corrected chi connectivity index (χ3v) is 3.59. The van der Waals surface area contributed by atoms with E-state index in [9.17, 15) is 0 Å². The van der Waals surface area contributed by atoms with Crippen LogP contribution in [0.25, 0.3) is 0 Å². The van der Waals surface area contributed by atoms with Crippen LogP contribution in [0.2, 0.25) is 0 Å². The standard InChI is InChI=1S/C23H40O3/c1-2-3-4-5-6-7-8-9-10-11-12-13-14-15-16-17-18-19-20-26-23(21-24)22-25/h6-7,9-10,12-13,15-16,23-25H,2-5,8,11,14,17-22H2,1H3/b7-6-,10-9-,13-12-,16-15-/i1D3,20D2. The van der Waals surface area contributed by atoms with E-state index < -0.39 is 32.7 Å². The van der Waals surface area contributed by atoms with Gasteiger partial charge in [0.1, 0.15) is 6.10 Å². The Balaban J connectivity index is 3.67. The minimum Gasteiger partial charge on any atom is -0.394 e. The number of hydrogen-bond acceptors (Lipinski definition) is 3. The Hall–Kier alpha value is -1.16. The van der Waals surface area contributed by atoms with Gasteiger partial charge in [0.15, 0.2) is 0 Å². The third kappa shape index (κ3) is 19.2. The first-order valence-corrected chi connectivity index (χ1v) is 9.70. The fourth-order valence-corrected chi connectivity index (χ4v) is 2.04. The summed E-state index contributed by atoms with van der Waals surface area (Å²) in [7, 11) is 0. The quantitative estimate of drug-likeness (QED) is 0.248. The van der Waals surface area contributed by atoms with E-state index in [0.29, 0.717) is 12.8 Å². The van der Waals surface area contributed by atoms with Crippen LogP contribution in [0.3, 0.4) is 0 Å². The van der Waals surface area contributed by atoms with Gasteiger partial charge in [-0.15, -0.1) is 0 Å². The number of aliphatic hydroxyl groups is 2. The van der Waals surface area contributed by atoms with E-state index in [1.54, 1.807) is 0 Å². The molecule has 0 rings (SSSR count). The van der Waals surface area contributed by atoms with E-state index in [0.717, 1.165) is 44.9 Å². The van der Waals surface area contributed by atoms with Gasteiger partial charge in [-0.2, -0.15) is 0 Å². The van der Waals surface area contributed by atoms with Crippen LogP contribution in [0.15, 0.2) is 48.6 Å². The first kappa shape index (κ1) is 17.0. The zero-order valence-electron chi connectivity index (χ0n) is 21.0. The second-order valence-electron chi connectivity index (χ2n) is 5.98. The van der Waals surface area contributed by atoms with Gasteiger partial charge >= 0.3 is 0 Å². The first-order chi connectivity index (χ1) is 14.7. The molecular weight excluding hydrogens is 324 g/mol. The molecule has 0 aliphatic rings. The van der Waals surface area contributed by atoms with Crippen LogP contribution in [-0.4, -0.2) is 36.1 Å². The van der Waals surface area contributed by atoms with E-state index in [1.165, 1.54) is 0 Å². The molecule has 0 unspecified atom stereocenters. The number of rotatable bonds is 18. The maximum Gasteiger partial charge on any atom is 0.104 e. The molecule has 0 aromatic carbocycles. The van der Waals surface area contributed by atoms with Gasteiger partial charge in [0, 0.05) is 10.7 Å². The third-order valence-electron chi connectivity index (χ3n) is 3.59. The molecule has 3 heteroatoms. The molecule has 2 N–H and O–H groups in total. The number of allylic oxidation sites excluding steroid dienone is 8. The fraction of sp³-hybridized carbons (Fsp3) is 0.652. The van der Waals surface area contributed by atoms with Crippen LogP contribution in [0.5, 0.6) is 0 Å². The molecule has 0 amide bonds. The van der Waals surface area contributed by atoms with Crippen molar-refractivity contribution in [1.29, 1.82) is 0 Å². The van der Waals surface area contributed by atoms with Crippen LogP contribution in [0.1, 0.15) is 77.9 Å². The van der Waals surface area contributed by atoms with Crippen LogP contribution in [0, 0.1) is 0 Å². The Morgan fingerprint density at radius 3 is 1.77 bits per heavy atom. The molecule has 0 aromatic heterocycles. The van der Waals surface area contributed by atoms with Crippen molar-refractivity contribution in [2.75, 3.05) is 19.8 Å². The lowest BCUT2D eigenvalue weighted by molar-refractivity contribution is -0.0206. The van der Waals surface area contributed by atoms with E-state index >= 15 is 0 Å². The summed E-state index contributed by atoms with van der Waals surface area (Å²) in [6.07, 6.45) is 23.0. The van der Waals surface area contributed by atoms with Crippen molar-refractivity contribution in [3.63, 3.8) is 0 Å². The van der Waals surface area contributed by atoms with Crippen molar-refractivity contribution in [1.82, 2.24) is 0 Å². The smallest absolute Gasteiger partial charge is 0.104 e. The average Bonchev–Trinajstić information content (AvgIpc) is 2.70. The Labute approximate surface area is 168 Å². The highest BCUT2D eigenvalue weighted by Gasteiger charge is 2.03. The summed E-state index contributed by atoms with van der Waals surface area (Å²) < 4.78 is 41.9. The summed E-state index contributed by atoms with van der Waals surface area (Å²) in [5.41, 5.74) is 0. The molecule has 0 aliphatic heterocycles. The summed E-state index contributed by atoms with van der Waals surface area (Å²) in [6.45, 7) is -4.44. The predicted octanol–water partition coefficient (Wildman–Crippen LogP) is 5.50. The number of aliphatic hydroxyl groups excluding tert-OH is 2. The van der Waals surface area contributed by atoms with Crippen molar-refractivity contribution in [2.45, 2.75) is 77.2 Å². The highest BCUT2D eigenvalue weighted by molar-refractivity contribution is 4.99. The molecule has 0 saturated heterocycles. The van der Waals surface area contributed by atoms with Gasteiger partial charge in [0.05, 0.1) is 16.0 Å². The molecule has 0 heterocycles. The van der Waals surface area contributed by atoms with Crippen LogP contribution < -0.4 is 0 Å². The second kappa shape index (κ2) is 21.9. The van der Waals surface area contributed by atoms with E-state index in [4.69, 9.17) is 21.8 Å². The monoisotopic (exact) mass is 369 g/mol. The first-order valence-electron chi connectivity index (χ1n) is 12.2. The summed E-state index contributed by atoms with van der Waals surface area (Å²) in [5.74, 6) is 0. The summed E-state index contributed by atoms with van der Waals surface area (Å²) >= 11 is 0. The summed E-state index contributed by atoms with van der Waals surface area (Å²) in [4.78, 5) is 0. The average molecular weight is 370 g/mol. The molecule has 150 valence electrons. The predicted molar refractivity (Wildman–Crippen MR) is 112 cm³/mol. The molecule has 0 saturated carbocycles. The highest BCUT2D eigenvalue weighted by atomic mass is 16.5. The van der Waals surface area contributed by atoms with Gasteiger partial charge in [-0.1, -0.05) is 68.3 Å². The molecule has 0 fully saturated rings. The van der Waals surface area contributed by atoms with E-state index in [-0.39, 0.29) is 6.42 Å². The molecule has 0 aromatic rings. The Morgan fingerprint density at radius 2 is 1.27 bits per heavy atom.